The summed E-state index contributed by atoms with van der Waals surface area (Å²) in [5.74, 6) is -3.07. The number of nitrogens with zero attached hydrogens (tertiary/aromatic N) is 5. The fraction of sp³-hybridized carbons (Fsp3) is 0.303. The number of hydrogen-bond donors (Lipinski definition) is 1. The van der Waals surface area contributed by atoms with Gasteiger partial charge in [-0.3, -0.25) is 14.5 Å². The summed E-state index contributed by atoms with van der Waals surface area (Å²) in [6.07, 6.45) is -3.89. The molecule has 1 saturated heterocycles. The molecule has 0 atom stereocenters. The highest BCUT2D eigenvalue weighted by Gasteiger charge is 2.33. The minimum absolute atomic E-state index is 0. The van der Waals surface area contributed by atoms with Gasteiger partial charge in [0, 0.05) is 13.4 Å². The Hall–Kier alpha value is -5.03. The average molecular weight is 723 g/mol. The first-order valence-electron chi connectivity index (χ1n) is 15.2. The highest BCUT2D eigenvalue weighted by atomic mass is 32.2. The van der Waals surface area contributed by atoms with Crippen LogP contribution in [0, 0.1) is 6.92 Å². The van der Waals surface area contributed by atoms with Crippen molar-refractivity contribution in [3.8, 4) is 28.6 Å². The Balaban J connectivity index is 0.00000230. The SMILES string of the molecule is CC.Cc1ccc(OCCC(C)(F)F)c(N2C(=O)CS/C2=N\C(=O)NOCc2ccc(-c3ncn(-c4ccc(OC(F)(F)F)cc4)n3)cc2)c1.[HH]. The second-order valence-electron chi connectivity index (χ2n) is 10.5. The van der Waals surface area contributed by atoms with Crippen molar-refractivity contribution in [1.82, 2.24) is 20.2 Å². The van der Waals surface area contributed by atoms with Gasteiger partial charge in [0.25, 0.3) is 0 Å². The van der Waals surface area contributed by atoms with Crippen LogP contribution in [0.1, 0.15) is 39.7 Å². The molecule has 2 heterocycles. The van der Waals surface area contributed by atoms with Crippen molar-refractivity contribution in [2.45, 2.75) is 53.0 Å². The topological polar surface area (TPSA) is 120 Å². The number of urea groups is 1. The number of carbonyl (C=O) groups excluding carboxylic acids is 2. The Morgan fingerprint density at radius 1 is 1.04 bits per heavy atom. The number of hydroxylamine groups is 1. The monoisotopic (exact) mass is 722 g/mol. The van der Waals surface area contributed by atoms with Crippen molar-refractivity contribution < 1.29 is 47.3 Å². The molecule has 0 aliphatic carbocycles. The maximum absolute atomic E-state index is 13.3. The Morgan fingerprint density at radius 3 is 2.40 bits per heavy atom. The summed E-state index contributed by atoms with van der Waals surface area (Å²) < 4.78 is 74.6. The van der Waals surface area contributed by atoms with Crippen LogP contribution >= 0.6 is 11.8 Å². The van der Waals surface area contributed by atoms with Crippen molar-refractivity contribution in [1.29, 1.82) is 0 Å². The summed E-state index contributed by atoms with van der Waals surface area (Å²) in [4.78, 5) is 40.1. The van der Waals surface area contributed by atoms with Gasteiger partial charge in [-0.2, -0.15) is 4.99 Å². The van der Waals surface area contributed by atoms with Crippen LogP contribution in [0.3, 0.4) is 0 Å². The second-order valence-corrected chi connectivity index (χ2v) is 11.4. The van der Waals surface area contributed by atoms with Gasteiger partial charge in [-0.25, -0.2) is 28.7 Å². The quantitative estimate of drug-likeness (QED) is 0.122. The van der Waals surface area contributed by atoms with Gasteiger partial charge < -0.3 is 9.47 Å². The molecule has 0 bridgehead atoms. The highest BCUT2D eigenvalue weighted by Crippen LogP contribution is 2.36. The molecule has 1 aliphatic rings. The molecule has 11 nitrogen and oxygen atoms in total. The number of rotatable bonds is 11. The highest BCUT2D eigenvalue weighted by molar-refractivity contribution is 8.15. The molecule has 1 fully saturated rings. The summed E-state index contributed by atoms with van der Waals surface area (Å²) >= 11 is 1.03. The average Bonchev–Trinajstić information content (AvgIpc) is 3.69. The predicted octanol–water partition coefficient (Wildman–Crippen LogP) is 8.11. The minimum atomic E-state index is -4.79. The van der Waals surface area contributed by atoms with Gasteiger partial charge in [0.2, 0.25) is 11.8 Å². The van der Waals surface area contributed by atoms with E-state index in [9.17, 15) is 31.5 Å². The standard InChI is InChI=1S/C31H27F5N6O5S.C2H6.H2/c1-19-3-12-25(45-14-13-30(2,32)33)24(15-19)42-26(43)17-48-29(42)38-28(44)40-46-16-20-4-6-21(7-5-20)27-37-18-41(39-27)22-8-10-23(11-9-22)47-31(34,35)36;1-2;/h3-12,15,18H,13-14,16-17H2,1-2H3,(H,40,44);1-2H3;1H/b38-29-;;. The number of aryl methyl sites for hydroxylation is 1. The lowest BCUT2D eigenvalue weighted by Crippen LogP contribution is -2.32. The summed E-state index contributed by atoms with van der Waals surface area (Å²) in [6, 6.07) is 16.1. The molecule has 1 N–H and O–H groups in total. The third-order valence-electron chi connectivity index (χ3n) is 6.55. The van der Waals surface area contributed by atoms with E-state index in [-0.39, 0.29) is 48.7 Å². The van der Waals surface area contributed by atoms with E-state index in [1.54, 1.807) is 49.4 Å². The molecule has 3 amide bonds. The van der Waals surface area contributed by atoms with Crippen molar-refractivity contribution >= 4 is 34.6 Å². The van der Waals surface area contributed by atoms with Crippen LogP contribution in [0.4, 0.5) is 32.4 Å². The number of amides is 3. The molecule has 50 heavy (non-hydrogen) atoms. The maximum atomic E-state index is 13.3. The lowest BCUT2D eigenvalue weighted by molar-refractivity contribution is -0.274. The van der Waals surface area contributed by atoms with Crippen LogP contribution in [0.15, 0.2) is 78.0 Å². The number of aliphatic imine (C=N–C) groups is 1. The lowest BCUT2D eigenvalue weighted by Gasteiger charge is -2.21. The molecule has 268 valence electrons. The van der Waals surface area contributed by atoms with Crippen LogP contribution in [0.2, 0.25) is 0 Å². The van der Waals surface area contributed by atoms with Crippen LogP contribution in [-0.2, 0) is 16.2 Å². The fourth-order valence-electron chi connectivity index (χ4n) is 4.31. The van der Waals surface area contributed by atoms with Crippen LogP contribution < -0.4 is 19.9 Å². The molecule has 5 rings (SSSR count). The number of carbonyl (C=O) groups is 2. The first kappa shape index (κ1) is 37.8. The molecule has 17 heteroatoms. The smallest absolute Gasteiger partial charge is 0.491 e. The Bertz CT molecular complexity index is 1800. The molecule has 3 aromatic carbocycles. The Morgan fingerprint density at radius 2 is 1.74 bits per heavy atom. The molecule has 0 saturated carbocycles. The van der Waals surface area contributed by atoms with Gasteiger partial charge in [-0.15, -0.1) is 18.3 Å². The third-order valence-corrected chi connectivity index (χ3v) is 7.48. The van der Waals surface area contributed by atoms with Gasteiger partial charge >= 0.3 is 12.4 Å². The van der Waals surface area contributed by atoms with Gasteiger partial charge in [0.1, 0.15) is 17.8 Å². The van der Waals surface area contributed by atoms with E-state index in [2.05, 4.69) is 25.3 Å². The van der Waals surface area contributed by atoms with Crippen LogP contribution in [0.5, 0.6) is 11.5 Å². The lowest BCUT2D eigenvalue weighted by atomic mass is 10.1. The first-order chi connectivity index (χ1) is 23.7. The van der Waals surface area contributed by atoms with E-state index in [1.165, 1.54) is 40.2 Å². The second kappa shape index (κ2) is 16.6. The van der Waals surface area contributed by atoms with Crippen molar-refractivity contribution in [2.75, 3.05) is 17.3 Å². The van der Waals surface area contributed by atoms with Gasteiger partial charge in [-0.1, -0.05) is 55.9 Å². The summed E-state index contributed by atoms with van der Waals surface area (Å²) in [7, 11) is 0. The zero-order valence-corrected chi connectivity index (χ0v) is 28.1. The first-order valence-corrected chi connectivity index (χ1v) is 16.2. The number of halogens is 5. The molecular formula is C33H35F5N6O5S. The van der Waals surface area contributed by atoms with Crippen molar-refractivity contribution in [3.63, 3.8) is 0 Å². The third kappa shape index (κ3) is 10.7. The molecular weight excluding hydrogens is 687 g/mol. The van der Waals surface area contributed by atoms with Crippen LogP contribution in [0.25, 0.3) is 17.1 Å². The zero-order valence-electron chi connectivity index (χ0n) is 27.3. The zero-order chi connectivity index (χ0) is 36.5. The van der Waals surface area contributed by atoms with E-state index in [0.717, 1.165) is 24.2 Å². The summed E-state index contributed by atoms with van der Waals surface area (Å²) in [5.41, 5.74) is 5.08. The predicted molar refractivity (Wildman–Crippen MR) is 180 cm³/mol. The number of thioether (sulfide) groups is 1. The van der Waals surface area contributed by atoms with Crippen molar-refractivity contribution in [2.24, 2.45) is 4.99 Å². The minimum Gasteiger partial charge on any atom is -0.491 e. The van der Waals surface area contributed by atoms with E-state index in [4.69, 9.17) is 9.57 Å². The summed E-state index contributed by atoms with van der Waals surface area (Å²) in [5, 5.41) is 4.43. The van der Waals surface area contributed by atoms with Gasteiger partial charge in [0.05, 0.1) is 30.3 Å². The van der Waals surface area contributed by atoms with Gasteiger partial charge in [0.15, 0.2) is 11.0 Å². The van der Waals surface area contributed by atoms with E-state index in [0.29, 0.717) is 22.6 Å². The number of hydrogen-bond acceptors (Lipinski definition) is 8. The number of aromatic nitrogens is 3. The molecule has 1 aliphatic heterocycles. The molecule has 0 spiro atoms. The Labute approximate surface area is 289 Å². The van der Waals surface area contributed by atoms with E-state index in [1.807, 2.05) is 13.8 Å². The summed E-state index contributed by atoms with van der Waals surface area (Å²) in [6.45, 7) is 6.27. The van der Waals surface area contributed by atoms with Gasteiger partial charge in [-0.05, 0) is 61.4 Å². The molecule has 4 aromatic rings. The number of ether oxygens (including phenoxy) is 2. The molecule has 0 unspecified atom stereocenters. The molecule has 0 radical (unpaired) electrons. The number of anilines is 1. The van der Waals surface area contributed by atoms with Crippen LogP contribution in [-0.4, -0.2) is 56.5 Å². The largest absolute Gasteiger partial charge is 0.573 e. The van der Waals surface area contributed by atoms with E-state index < -0.39 is 24.7 Å². The number of amidine groups is 1. The number of alkyl halides is 5. The van der Waals surface area contributed by atoms with E-state index >= 15 is 0 Å². The Kier molecular flexibility index (Phi) is 12.5. The number of benzene rings is 3. The maximum Gasteiger partial charge on any atom is 0.573 e. The number of nitrogens with one attached hydrogen (secondary N) is 1. The molecule has 1 aromatic heterocycles. The normalized spacial score (nSPS) is 14.0. The fourth-order valence-corrected chi connectivity index (χ4v) is 5.17. The van der Waals surface area contributed by atoms with Crippen molar-refractivity contribution in [3.05, 3.63) is 84.2 Å².